The van der Waals surface area contributed by atoms with Crippen LogP contribution in [0.3, 0.4) is 0 Å². The number of hydrogen-bond donors (Lipinski definition) is 2. The molecule has 6 heteroatoms. The van der Waals surface area contributed by atoms with Crippen LogP contribution in [0.4, 0.5) is 5.69 Å². The van der Waals surface area contributed by atoms with Crippen molar-refractivity contribution in [1.29, 1.82) is 0 Å². The van der Waals surface area contributed by atoms with Gasteiger partial charge in [0.2, 0.25) is 0 Å². The summed E-state index contributed by atoms with van der Waals surface area (Å²) in [5.41, 5.74) is 5.10. The second-order valence-electron chi connectivity index (χ2n) is 2.32. The number of thiocarbonyl (C=S) groups is 1. The van der Waals surface area contributed by atoms with E-state index < -0.39 is 4.92 Å². The summed E-state index contributed by atoms with van der Waals surface area (Å²) in [6.07, 6.45) is 0. The van der Waals surface area contributed by atoms with Crippen LogP contribution in [0.1, 0.15) is 5.56 Å². The Morgan fingerprint density at radius 1 is 1.62 bits per heavy atom. The van der Waals surface area contributed by atoms with Crippen molar-refractivity contribution in [3.63, 3.8) is 0 Å². The van der Waals surface area contributed by atoms with E-state index in [9.17, 15) is 10.1 Å². The lowest BCUT2D eigenvalue weighted by Crippen LogP contribution is -2.11. The zero-order chi connectivity index (χ0) is 10.0. The molecule has 0 fully saturated rings. The summed E-state index contributed by atoms with van der Waals surface area (Å²) in [6, 6.07) is 3.53. The summed E-state index contributed by atoms with van der Waals surface area (Å²) in [6.45, 7) is 0. The summed E-state index contributed by atoms with van der Waals surface area (Å²) in [5.74, 6) is -0.103. The van der Waals surface area contributed by atoms with Gasteiger partial charge >= 0.3 is 0 Å². The van der Waals surface area contributed by atoms with E-state index in [1.165, 1.54) is 12.1 Å². The molecule has 0 aromatic heterocycles. The lowest BCUT2D eigenvalue weighted by molar-refractivity contribution is -0.385. The predicted molar refractivity (Wildman–Crippen MR) is 50.6 cm³/mol. The molecule has 1 aromatic rings. The van der Waals surface area contributed by atoms with Crippen LogP contribution in [0.2, 0.25) is 0 Å². The summed E-state index contributed by atoms with van der Waals surface area (Å²) in [7, 11) is 0. The smallest absolute Gasteiger partial charge is 0.279 e. The van der Waals surface area contributed by atoms with Crippen molar-refractivity contribution < 1.29 is 10.0 Å². The van der Waals surface area contributed by atoms with E-state index in [0.717, 1.165) is 6.07 Å². The third kappa shape index (κ3) is 1.91. The van der Waals surface area contributed by atoms with Gasteiger partial charge in [0.1, 0.15) is 10.7 Å². The monoisotopic (exact) mass is 198 g/mol. The molecule has 0 saturated heterocycles. The average Bonchev–Trinajstić information content (AvgIpc) is 2.03. The molecule has 0 heterocycles. The first-order chi connectivity index (χ1) is 6.02. The lowest BCUT2D eigenvalue weighted by atomic mass is 10.1. The number of nitrogens with zero attached hydrogens (tertiary/aromatic N) is 1. The van der Waals surface area contributed by atoms with Gasteiger partial charge in [-0.3, -0.25) is 10.1 Å². The number of nitrogens with two attached hydrogens (primary N) is 1. The molecule has 0 aliphatic heterocycles. The van der Waals surface area contributed by atoms with Gasteiger partial charge < -0.3 is 10.8 Å². The Morgan fingerprint density at radius 2 is 2.23 bits per heavy atom. The van der Waals surface area contributed by atoms with Gasteiger partial charge in [0, 0.05) is 6.07 Å². The summed E-state index contributed by atoms with van der Waals surface area (Å²) in [5, 5.41) is 19.5. The van der Waals surface area contributed by atoms with Crippen LogP contribution >= 0.6 is 12.2 Å². The molecular formula is C7H6N2O3S. The third-order valence-electron chi connectivity index (χ3n) is 1.44. The van der Waals surface area contributed by atoms with Crippen LogP contribution in [-0.2, 0) is 0 Å². The van der Waals surface area contributed by atoms with Crippen LogP contribution in [0.25, 0.3) is 0 Å². The highest BCUT2D eigenvalue weighted by Gasteiger charge is 2.15. The molecule has 0 aliphatic rings. The molecule has 1 aromatic carbocycles. The van der Waals surface area contributed by atoms with Crippen molar-refractivity contribution in [2.24, 2.45) is 5.73 Å². The first-order valence-electron chi connectivity index (χ1n) is 3.29. The molecular weight excluding hydrogens is 192 g/mol. The van der Waals surface area contributed by atoms with Gasteiger partial charge in [-0.2, -0.15) is 0 Å². The van der Waals surface area contributed by atoms with Crippen molar-refractivity contribution in [3.8, 4) is 5.75 Å². The minimum Gasteiger partial charge on any atom is -0.508 e. The number of nitro benzene ring substituents is 1. The summed E-state index contributed by atoms with van der Waals surface area (Å²) < 4.78 is 0. The van der Waals surface area contributed by atoms with Gasteiger partial charge in [0.15, 0.2) is 0 Å². The molecule has 0 radical (unpaired) electrons. The Balaban J connectivity index is 3.35. The fourth-order valence-corrected chi connectivity index (χ4v) is 1.04. The topological polar surface area (TPSA) is 89.4 Å². The maximum Gasteiger partial charge on any atom is 0.279 e. The zero-order valence-corrected chi connectivity index (χ0v) is 7.25. The number of rotatable bonds is 2. The number of phenols is 1. The van der Waals surface area contributed by atoms with E-state index in [2.05, 4.69) is 12.2 Å². The normalized spacial score (nSPS) is 9.54. The Bertz CT molecular complexity index is 378. The van der Waals surface area contributed by atoms with Crippen molar-refractivity contribution >= 4 is 22.9 Å². The van der Waals surface area contributed by atoms with Crippen LogP contribution < -0.4 is 5.73 Å². The highest BCUT2D eigenvalue weighted by atomic mass is 32.1. The van der Waals surface area contributed by atoms with Crippen molar-refractivity contribution in [2.45, 2.75) is 0 Å². The molecule has 0 unspecified atom stereocenters. The van der Waals surface area contributed by atoms with Crippen LogP contribution in [-0.4, -0.2) is 15.0 Å². The molecule has 0 amide bonds. The van der Waals surface area contributed by atoms with Gasteiger partial charge in [-0.25, -0.2) is 0 Å². The van der Waals surface area contributed by atoms with Crippen LogP contribution in [0, 0.1) is 10.1 Å². The first-order valence-corrected chi connectivity index (χ1v) is 3.70. The fraction of sp³-hybridized carbons (Fsp3) is 0. The molecule has 0 aliphatic carbocycles. The Morgan fingerprint density at radius 3 is 2.69 bits per heavy atom. The van der Waals surface area contributed by atoms with E-state index in [4.69, 9.17) is 10.8 Å². The predicted octanol–water partition coefficient (Wildman–Crippen LogP) is 0.935. The standard InChI is InChI=1S/C7H6N2O3S/c8-7(13)5-3-4(10)1-2-6(5)9(11)12/h1-3,10H,(H2,8,13). The number of nitro groups is 1. The molecule has 1 rings (SSSR count). The Kier molecular flexibility index (Phi) is 2.43. The third-order valence-corrected chi connectivity index (χ3v) is 1.66. The SMILES string of the molecule is NC(=S)c1cc(O)ccc1[N+](=O)[O-]. The minimum atomic E-state index is -0.603. The number of phenolic OH excluding ortho intramolecular Hbond substituents is 1. The van der Waals surface area contributed by atoms with E-state index >= 15 is 0 Å². The second kappa shape index (κ2) is 3.36. The molecule has 3 N–H and O–H groups in total. The largest absolute Gasteiger partial charge is 0.508 e. The maximum atomic E-state index is 10.4. The van der Waals surface area contributed by atoms with Gasteiger partial charge in [0.25, 0.3) is 5.69 Å². The maximum absolute atomic E-state index is 10.4. The van der Waals surface area contributed by atoms with Gasteiger partial charge in [0.05, 0.1) is 10.5 Å². The lowest BCUT2D eigenvalue weighted by Gasteiger charge is -2.00. The second-order valence-corrected chi connectivity index (χ2v) is 2.76. The zero-order valence-electron chi connectivity index (χ0n) is 6.43. The van der Waals surface area contributed by atoms with Crippen molar-refractivity contribution in [3.05, 3.63) is 33.9 Å². The number of benzene rings is 1. The van der Waals surface area contributed by atoms with Crippen LogP contribution in [0.5, 0.6) is 5.75 Å². The Hall–Kier alpha value is -1.69. The van der Waals surface area contributed by atoms with E-state index in [0.29, 0.717) is 0 Å². The molecule has 13 heavy (non-hydrogen) atoms. The minimum absolute atomic E-state index is 0.0694. The van der Waals surface area contributed by atoms with Gasteiger partial charge in [-0.15, -0.1) is 0 Å². The van der Waals surface area contributed by atoms with Gasteiger partial charge in [-0.05, 0) is 12.1 Å². The number of hydrogen-bond acceptors (Lipinski definition) is 4. The molecule has 0 spiro atoms. The first kappa shape index (κ1) is 9.40. The van der Waals surface area contributed by atoms with E-state index in [-0.39, 0.29) is 22.0 Å². The van der Waals surface area contributed by atoms with E-state index in [1.807, 2.05) is 0 Å². The summed E-state index contributed by atoms with van der Waals surface area (Å²) >= 11 is 4.59. The molecule has 0 saturated carbocycles. The molecule has 68 valence electrons. The highest BCUT2D eigenvalue weighted by Crippen LogP contribution is 2.22. The average molecular weight is 198 g/mol. The fourth-order valence-electron chi connectivity index (χ4n) is 0.881. The quantitative estimate of drug-likeness (QED) is 0.419. The number of aromatic hydroxyl groups is 1. The van der Waals surface area contributed by atoms with Crippen molar-refractivity contribution in [1.82, 2.24) is 0 Å². The van der Waals surface area contributed by atoms with E-state index in [1.54, 1.807) is 0 Å². The molecule has 0 bridgehead atoms. The summed E-state index contributed by atoms with van der Waals surface area (Å²) in [4.78, 5) is 9.73. The highest BCUT2D eigenvalue weighted by molar-refractivity contribution is 7.80. The Labute approximate surface area is 78.9 Å². The van der Waals surface area contributed by atoms with Gasteiger partial charge in [-0.1, -0.05) is 12.2 Å². The van der Waals surface area contributed by atoms with Crippen LogP contribution in [0.15, 0.2) is 18.2 Å². The molecule has 0 atom stereocenters. The molecule has 5 nitrogen and oxygen atoms in total. The van der Waals surface area contributed by atoms with Crippen molar-refractivity contribution in [2.75, 3.05) is 0 Å².